The van der Waals surface area contributed by atoms with E-state index in [1.165, 1.54) is 12.1 Å². The standard InChI is InChI=1S/C13H15F2NO4S/c1-13(14,15)10-4-2-3-5-11(10)21(19,20)16-7-8-6-9(8)12(17)18/h2-5,8-9,16H,6-7H2,1H3,(H,17,18)/t8-,9+/m0/s1. The monoisotopic (exact) mass is 319 g/mol. The van der Waals surface area contributed by atoms with Gasteiger partial charge < -0.3 is 5.11 Å². The highest BCUT2D eigenvalue weighted by Crippen LogP contribution is 2.38. The molecule has 0 unspecified atom stereocenters. The number of aliphatic carboxylic acids is 1. The van der Waals surface area contributed by atoms with Crippen LogP contribution in [0.4, 0.5) is 8.78 Å². The van der Waals surface area contributed by atoms with Crippen molar-refractivity contribution < 1.29 is 27.1 Å². The molecule has 1 saturated carbocycles. The van der Waals surface area contributed by atoms with Gasteiger partial charge in [0.25, 0.3) is 5.92 Å². The van der Waals surface area contributed by atoms with Crippen molar-refractivity contribution in [2.75, 3.05) is 6.54 Å². The Morgan fingerprint density at radius 1 is 1.43 bits per heavy atom. The van der Waals surface area contributed by atoms with Gasteiger partial charge in [-0.05, 0) is 18.4 Å². The Morgan fingerprint density at radius 3 is 2.57 bits per heavy atom. The zero-order chi connectivity index (χ0) is 15.8. The molecule has 0 heterocycles. The molecule has 21 heavy (non-hydrogen) atoms. The van der Waals surface area contributed by atoms with Crippen molar-refractivity contribution in [3.05, 3.63) is 29.8 Å². The van der Waals surface area contributed by atoms with Gasteiger partial charge in [0.05, 0.1) is 10.8 Å². The van der Waals surface area contributed by atoms with E-state index in [0.29, 0.717) is 13.3 Å². The summed E-state index contributed by atoms with van der Waals surface area (Å²) in [7, 11) is -4.10. The van der Waals surface area contributed by atoms with E-state index in [1.807, 2.05) is 0 Å². The average Bonchev–Trinajstić information content (AvgIpc) is 3.15. The van der Waals surface area contributed by atoms with Crippen LogP contribution >= 0.6 is 0 Å². The summed E-state index contributed by atoms with van der Waals surface area (Å²) in [6.45, 7) is 0.561. The van der Waals surface area contributed by atoms with E-state index in [4.69, 9.17) is 5.11 Å². The number of rotatable bonds is 6. The molecule has 0 aliphatic heterocycles. The average molecular weight is 319 g/mol. The fraction of sp³-hybridized carbons (Fsp3) is 0.462. The molecule has 1 fully saturated rings. The molecule has 2 rings (SSSR count). The predicted octanol–water partition coefficient (Wildman–Crippen LogP) is 1.80. The molecular weight excluding hydrogens is 304 g/mol. The second kappa shape index (κ2) is 5.34. The summed E-state index contributed by atoms with van der Waals surface area (Å²) in [6, 6.07) is 4.87. The molecule has 116 valence electrons. The van der Waals surface area contributed by atoms with Crippen LogP contribution in [-0.4, -0.2) is 26.0 Å². The molecule has 1 aliphatic carbocycles. The minimum atomic E-state index is -4.10. The van der Waals surface area contributed by atoms with Gasteiger partial charge in [-0.1, -0.05) is 18.2 Å². The molecule has 0 saturated heterocycles. The fourth-order valence-electron chi connectivity index (χ4n) is 2.13. The molecule has 1 aromatic carbocycles. The number of hydrogen-bond donors (Lipinski definition) is 2. The molecule has 2 N–H and O–H groups in total. The van der Waals surface area contributed by atoms with Crippen LogP contribution in [0.15, 0.2) is 29.2 Å². The molecule has 5 nitrogen and oxygen atoms in total. The number of benzene rings is 1. The van der Waals surface area contributed by atoms with Gasteiger partial charge in [0.1, 0.15) is 0 Å². The lowest BCUT2D eigenvalue weighted by Gasteiger charge is -2.16. The first-order valence-corrected chi connectivity index (χ1v) is 7.81. The summed E-state index contributed by atoms with van der Waals surface area (Å²) in [4.78, 5) is 10.2. The van der Waals surface area contributed by atoms with Crippen LogP contribution in [0, 0.1) is 11.8 Å². The van der Waals surface area contributed by atoms with Crippen LogP contribution in [0.2, 0.25) is 0 Å². The summed E-state index contributed by atoms with van der Waals surface area (Å²) >= 11 is 0. The number of carbonyl (C=O) groups is 1. The van der Waals surface area contributed by atoms with E-state index in [1.54, 1.807) is 0 Å². The maximum absolute atomic E-state index is 13.5. The lowest BCUT2D eigenvalue weighted by atomic mass is 10.1. The second-order valence-electron chi connectivity index (χ2n) is 5.18. The number of nitrogens with one attached hydrogen (secondary N) is 1. The Morgan fingerprint density at radius 2 is 2.05 bits per heavy atom. The maximum atomic E-state index is 13.5. The van der Waals surface area contributed by atoms with E-state index < -0.39 is 38.3 Å². The number of carboxylic acid groups (broad SMARTS) is 1. The predicted molar refractivity (Wildman–Crippen MR) is 70.4 cm³/mol. The topological polar surface area (TPSA) is 83.5 Å². The first-order valence-electron chi connectivity index (χ1n) is 6.32. The molecule has 0 spiro atoms. The van der Waals surface area contributed by atoms with Gasteiger partial charge in [-0.25, -0.2) is 21.9 Å². The molecule has 0 aromatic heterocycles. The van der Waals surface area contributed by atoms with Crippen LogP contribution in [-0.2, 0) is 20.7 Å². The van der Waals surface area contributed by atoms with Gasteiger partial charge in [0.2, 0.25) is 10.0 Å². The van der Waals surface area contributed by atoms with E-state index in [2.05, 4.69) is 4.72 Å². The Balaban J connectivity index is 2.16. The van der Waals surface area contributed by atoms with Crippen molar-refractivity contribution in [3.63, 3.8) is 0 Å². The van der Waals surface area contributed by atoms with E-state index in [-0.39, 0.29) is 12.5 Å². The van der Waals surface area contributed by atoms with Crippen LogP contribution in [0.25, 0.3) is 0 Å². The van der Waals surface area contributed by atoms with Gasteiger partial charge in [-0.3, -0.25) is 4.79 Å². The van der Waals surface area contributed by atoms with Gasteiger partial charge >= 0.3 is 5.97 Å². The van der Waals surface area contributed by atoms with Gasteiger partial charge in [0.15, 0.2) is 0 Å². The second-order valence-corrected chi connectivity index (χ2v) is 6.91. The largest absolute Gasteiger partial charge is 0.481 e. The minimum absolute atomic E-state index is 0.0665. The van der Waals surface area contributed by atoms with Gasteiger partial charge in [-0.15, -0.1) is 0 Å². The zero-order valence-corrected chi connectivity index (χ0v) is 12.0. The molecular formula is C13H15F2NO4S. The Kier molecular flexibility index (Phi) is 4.03. The van der Waals surface area contributed by atoms with Crippen molar-refractivity contribution in [1.82, 2.24) is 4.72 Å². The Bertz CT molecular complexity index is 654. The van der Waals surface area contributed by atoms with Crippen LogP contribution < -0.4 is 4.72 Å². The van der Waals surface area contributed by atoms with Crippen molar-refractivity contribution in [2.24, 2.45) is 11.8 Å². The molecule has 2 atom stereocenters. The third-order valence-electron chi connectivity index (χ3n) is 3.42. The third-order valence-corrected chi connectivity index (χ3v) is 4.91. The summed E-state index contributed by atoms with van der Waals surface area (Å²) in [5.74, 6) is -5.10. The molecule has 1 aliphatic rings. The van der Waals surface area contributed by atoms with Crippen LogP contribution in [0.5, 0.6) is 0 Å². The highest BCUT2D eigenvalue weighted by atomic mass is 32.2. The number of halogens is 2. The first kappa shape index (κ1) is 15.8. The van der Waals surface area contributed by atoms with E-state index in [9.17, 15) is 22.0 Å². The lowest BCUT2D eigenvalue weighted by Crippen LogP contribution is -2.29. The highest BCUT2D eigenvalue weighted by molar-refractivity contribution is 7.89. The maximum Gasteiger partial charge on any atom is 0.306 e. The first-order chi connectivity index (χ1) is 9.63. The van der Waals surface area contributed by atoms with Crippen LogP contribution in [0.1, 0.15) is 18.9 Å². The quantitative estimate of drug-likeness (QED) is 0.837. The lowest BCUT2D eigenvalue weighted by molar-refractivity contribution is -0.138. The number of carboxylic acids is 1. The van der Waals surface area contributed by atoms with Crippen molar-refractivity contribution in [3.8, 4) is 0 Å². The zero-order valence-electron chi connectivity index (χ0n) is 11.2. The molecule has 0 amide bonds. The highest BCUT2D eigenvalue weighted by Gasteiger charge is 2.43. The Labute approximate surface area is 121 Å². The number of hydrogen-bond acceptors (Lipinski definition) is 3. The Hall–Kier alpha value is -1.54. The molecule has 1 aromatic rings. The summed E-state index contributed by atoms with van der Waals surface area (Å²) in [5, 5.41) is 8.74. The van der Waals surface area contributed by atoms with E-state index in [0.717, 1.165) is 12.1 Å². The van der Waals surface area contributed by atoms with Crippen molar-refractivity contribution >= 4 is 16.0 Å². The van der Waals surface area contributed by atoms with E-state index >= 15 is 0 Å². The number of sulfonamides is 1. The van der Waals surface area contributed by atoms with Crippen LogP contribution in [0.3, 0.4) is 0 Å². The third kappa shape index (κ3) is 3.56. The normalized spacial score (nSPS) is 22.0. The molecule has 0 bridgehead atoms. The summed E-state index contributed by atoms with van der Waals surface area (Å²) in [5.41, 5.74) is -0.580. The fourth-order valence-corrected chi connectivity index (χ4v) is 3.52. The SMILES string of the molecule is CC(F)(F)c1ccccc1S(=O)(=O)NC[C@@H]1C[C@H]1C(=O)O. The molecule has 0 radical (unpaired) electrons. The van der Waals surface area contributed by atoms with Crippen molar-refractivity contribution in [2.45, 2.75) is 24.2 Å². The smallest absolute Gasteiger partial charge is 0.306 e. The minimum Gasteiger partial charge on any atom is -0.481 e. The summed E-state index contributed by atoms with van der Waals surface area (Å²) < 4.78 is 53.4. The van der Waals surface area contributed by atoms with Crippen molar-refractivity contribution in [1.29, 1.82) is 0 Å². The van der Waals surface area contributed by atoms with Gasteiger partial charge in [0, 0.05) is 19.0 Å². The number of alkyl halides is 2. The van der Waals surface area contributed by atoms with Gasteiger partial charge in [-0.2, -0.15) is 0 Å². The molecule has 8 heteroatoms. The summed E-state index contributed by atoms with van der Waals surface area (Å²) in [6.07, 6.45) is 0.392.